The number of sulfonamides is 1. The fourth-order valence-electron chi connectivity index (χ4n) is 5.78. The zero-order valence-corrected chi connectivity index (χ0v) is 27.2. The molecule has 16 heteroatoms. The number of piperazine rings is 1. The Morgan fingerprint density at radius 2 is 1.62 bits per heavy atom. The molecule has 2 aliphatic rings. The maximum absolute atomic E-state index is 15.4. The first kappa shape index (κ1) is 31.3. The zero-order valence-electron chi connectivity index (χ0n) is 24.8. The number of anilines is 6. The fourth-order valence-corrected chi connectivity index (χ4v) is 6.65. The van der Waals surface area contributed by atoms with E-state index in [2.05, 4.69) is 68.1 Å². The second-order valence-electron chi connectivity index (χ2n) is 11.3. The minimum absolute atomic E-state index is 0.0261. The molecule has 2 aromatic carbocycles. The largest absolute Gasteiger partial charge is 0.367 e. The molecule has 0 radical (unpaired) electrons. The second kappa shape index (κ2) is 12.9. The van der Waals surface area contributed by atoms with Gasteiger partial charge in [-0.2, -0.15) is 4.98 Å². The zero-order chi connectivity index (χ0) is 31.7. The molecule has 2 aromatic heterocycles. The van der Waals surface area contributed by atoms with Gasteiger partial charge in [0.15, 0.2) is 11.6 Å². The van der Waals surface area contributed by atoms with Crippen molar-refractivity contribution in [2.24, 2.45) is 0 Å². The summed E-state index contributed by atoms with van der Waals surface area (Å²) in [5.41, 5.74) is 1.50. The van der Waals surface area contributed by atoms with Gasteiger partial charge in [0.05, 0.1) is 27.6 Å². The normalized spacial score (nSPS) is 17.0. The third kappa shape index (κ3) is 7.24. The molecule has 4 aromatic rings. The van der Waals surface area contributed by atoms with Crippen molar-refractivity contribution in [1.29, 1.82) is 0 Å². The monoisotopic (exact) mass is 702 g/mol. The Morgan fingerprint density at radius 1 is 0.933 bits per heavy atom. The highest BCUT2D eigenvalue weighted by Gasteiger charge is 2.29. The number of rotatable bonds is 8. The molecule has 2 saturated heterocycles. The number of benzene rings is 2. The molecule has 0 atom stereocenters. The lowest BCUT2D eigenvalue weighted by atomic mass is 10.0. The van der Waals surface area contributed by atoms with Crippen molar-refractivity contribution in [3.05, 3.63) is 59.0 Å². The van der Waals surface area contributed by atoms with E-state index < -0.39 is 21.7 Å². The molecule has 0 spiro atoms. The van der Waals surface area contributed by atoms with Gasteiger partial charge < -0.3 is 20.4 Å². The quantitative estimate of drug-likeness (QED) is 0.239. The van der Waals surface area contributed by atoms with Crippen molar-refractivity contribution in [3.8, 4) is 0 Å². The Bertz CT molecular complexity index is 1790. The van der Waals surface area contributed by atoms with Crippen molar-refractivity contribution in [2.45, 2.75) is 18.9 Å². The van der Waals surface area contributed by atoms with Crippen molar-refractivity contribution in [3.63, 3.8) is 0 Å². The molecule has 0 amide bonds. The number of hydrogen-bond donors (Lipinski definition) is 3. The molecule has 2 aliphatic heterocycles. The van der Waals surface area contributed by atoms with E-state index in [1.165, 1.54) is 30.7 Å². The molecule has 3 N–H and O–H groups in total. The molecule has 0 saturated carbocycles. The Hall–Kier alpha value is -3.73. The summed E-state index contributed by atoms with van der Waals surface area (Å²) in [6, 6.07) is 6.23. The van der Waals surface area contributed by atoms with Crippen LogP contribution in [0.4, 0.5) is 43.3 Å². The van der Waals surface area contributed by atoms with Gasteiger partial charge in [0.2, 0.25) is 16.0 Å². The van der Waals surface area contributed by atoms with Crippen LogP contribution in [-0.2, 0) is 10.0 Å². The van der Waals surface area contributed by atoms with Crippen molar-refractivity contribution >= 4 is 71.5 Å². The second-order valence-corrected chi connectivity index (χ2v) is 13.9. The third-order valence-corrected chi connectivity index (χ3v) is 9.19. The Balaban J connectivity index is 1.18. The molecule has 0 unspecified atom stereocenters. The van der Waals surface area contributed by atoms with Crippen LogP contribution in [0.1, 0.15) is 12.8 Å². The van der Waals surface area contributed by atoms with Crippen LogP contribution in [0, 0.1) is 11.6 Å². The van der Waals surface area contributed by atoms with E-state index in [-0.39, 0.29) is 28.8 Å². The summed E-state index contributed by atoms with van der Waals surface area (Å²) in [5, 5.41) is 5.97. The van der Waals surface area contributed by atoms with Gasteiger partial charge in [-0.1, -0.05) is 0 Å². The van der Waals surface area contributed by atoms with Crippen LogP contribution in [0.2, 0.25) is 0 Å². The molecular formula is C29H33BrF2N10O2S. The first-order chi connectivity index (χ1) is 21.5. The van der Waals surface area contributed by atoms with Gasteiger partial charge in [0.1, 0.15) is 17.0 Å². The van der Waals surface area contributed by atoms with Gasteiger partial charge >= 0.3 is 0 Å². The third-order valence-electron chi connectivity index (χ3n) is 8.03. The van der Waals surface area contributed by atoms with E-state index in [0.717, 1.165) is 45.3 Å². The molecule has 6 rings (SSSR count). The summed E-state index contributed by atoms with van der Waals surface area (Å²) in [5.74, 6) is -0.994. The molecule has 238 valence electrons. The number of nitrogens with one attached hydrogen (secondary N) is 3. The summed E-state index contributed by atoms with van der Waals surface area (Å²) in [6.07, 6.45) is 7.19. The highest BCUT2D eigenvalue weighted by molar-refractivity contribution is 9.10. The Kier molecular flexibility index (Phi) is 8.99. The maximum Gasteiger partial charge on any atom is 0.229 e. The van der Waals surface area contributed by atoms with E-state index in [1.54, 1.807) is 17.0 Å². The van der Waals surface area contributed by atoms with E-state index in [0.29, 0.717) is 40.3 Å². The summed E-state index contributed by atoms with van der Waals surface area (Å²) in [7, 11) is -1.54. The van der Waals surface area contributed by atoms with Crippen molar-refractivity contribution in [1.82, 2.24) is 29.7 Å². The molecular weight excluding hydrogens is 670 g/mol. The summed E-state index contributed by atoms with van der Waals surface area (Å²) in [6.45, 7) is 5.29. The highest BCUT2D eigenvalue weighted by Crippen LogP contribution is 2.35. The Labute approximate surface area is 268 Å². The van der Waals surface area contributed by atoms with Crippen LogP contribution in [0.3, 0.4) is 0 Å². The van der Waals surface area contributed by atoms with Crippen LogP contribution in [0.25, 0.3) is 11.0 Å². The van der Waals surface area contributed by atoms with Gasteiger partial charge in [-0.15, -0.1) is 0 Å². The van der Waals surface area contributed by atoms with Crippen LogP contribution < -0.4 is 20.3 Å². The highest BCUT2D eigenvalue weighted by atomic mass is 79.9. The minimum atomic E-state index is -3.67. The molecule has 0 aliphatic carbocycles. The topological polar surface area (TPSA) is 132 Å². The Morgan fingerprint density at radius 3 is 2.31 bits per heavy atom. The maximum atomic E-state index is 15.4. The number of fused-ring (bicyclic) bond motifs is 1. The fraction of sp³-hybridized carbons (Fsp3) is 0.379. The number of piperidine rings is 1. The van der Waals surface area contributed by atoms with Gasteiger partial charge in [-0.25, -0.2) is 22.2 Å². The number of halogens is 3. The predicted molar refractivity (Wildman–Crippen MR) is 175 cm³/mol. The predicted octanol–water partition coefficient (Wildman–Crippen LogP) is 4.54. The lowest BCUT2D eigenvalue weighted by Gasteiger charge is -2.42. The van der Waals surface area contributed by atoms with E-state index in [4.69, 9.17) is 0 Å². The minimum Gasteiger partial charge on any atom is -0.367 e. The van der Waals surface area contributed by atoms with Crippen molar-refractivity contribution in [2.75, 3.05) is 72.8 Å². The first-order valence-corrected chi connectivity index (χ1v) is 17.2. The molecule has 0 bridgehead atoms. The molecule has 4 heterocycles. The van der Waals surface area contributed by atoms with Gasteiger partial charge in [0.25, 0.3) is 0 Å². The van der Waals surface area contributed by atoms with E-state index >= 15 is 8.78 Å². The van der Waals surface area contributed by atoms with Gasteiger partial charge in [-0.3, -0.25) is 19.6 Å². The number of hydrogen-bond acceptors (Lipinski definition) is 11. The summed E-state index contributed by atoms with van der Waals surface area (Å²) < 4.78 is 58.0. The van der Waals surface area contributed by atoms with Crippen molar-refractivity contribution < 1.29 is 17.2 Å². The number of nitrogens with zero attached hydrogens (tertiary/aromatic N) is 7. The lowest BCUT2D eigenvalue weighted by Crippen LogP contribution is -2.52. The van der Waals surface area contributed by atoms with Gasteiger partial charge in [0, 0.05) is 69.6 Å². The standard InChI is InChI=1S/C29H33BrF2N10O2S/c1-40-11-13-41(14-12-40)19-5-9-42(10-6-19)27-21(31)15-18(16-22(27)32)36-29-35-17-20(30)28(38-29)37-24-4-3-23-25(34-8-7-33-23)26(24)39-45(2,43)44/h3-4,7-8,15-17,19,39H,5-6,9-14H2,1-2H3,(H2,35,36,37,38). The first-order valence-electron chi connectivity index (χ1n) is 14.5. The summed E-state index contributed by atoms with van der Waals surface area (Å²) in [4.78, 5) is 23.8. The average molecular weight is 704 g/mol. The van der Waals surface area contributed by atoms with Crippen LogP contribution in [0.5, 0.6) is 0 Å². The van der Waals surface area contributed by atoms with Crippen LogP contribution in [0.15, 0.2) is 47.3 Å². The molecule has 2 fully saturated rings. The van der Waals surface area contributed by atoms with Crippen LogP contribution in [-0.4, -0.2) is 96.8 Å². The molecule has 12 nitrogen and oxygen atoms in total. The lowest BCUT2D eigenvalue weighted by molar-refractivity contribution is 0.0980. The van der Waals surface area contributed by atoms with Gasteiger partial charge in [-0.05, 0) is 60.1 Å². The van der Waals surface area contributed by atoms with E-state index in [9.17, 15) is 8.42 Å². The number of likely N-dealkylation sites (N-methyl/N-ethyl adjacent to an activating group) is 1. The summed E-state index contributed by atoms with van der Waals surface area (Å²) >= 11 is 3.41. The SMILES string of the molecule is CN1CCN(C2CCN(c3c(F)cc(Nc4ncc(Br)c(Nc5ccc6nccnc6c5NS(C)(=O)=O)n4)cc3F)CC2)CC1. The average Bonchev–Trinajstić information content (AvgIpc) is 3.00. The smallest absolute Gasteiger partial charge is 0.229 e. The van der Waals surface area contributed by atoms with E-state index in [1.807, 2.05) is 0 Å². The van der Waals surface area contributed by atoms with Crippen LogP contribution >= 0.6 is 15.9 Å². The molecule has 45 heavy (non-hydrogen) atoms. The number of aromatic nitrogens is 4.